The molecule has 4 aromatic rings. The maximum absolute atomic E-state index is 13.3. The van der Waals surface area contributed by atoms with Crippen molar-refractivity contribution < 1.29 is 13.9 Å². The summed E-state index contributed by atoms with van der Waals surface area (Å²) in [6.07, 6.45) is 1.84. The first-order valence-electron chi connectivity index (χ1n) is 9.09. The standard InChI is InChI=1S/C23H18ClFN2O2/c24-19-13-17(9-10-20(19)25)26-23(28)14-27-12-11-18-21(27)7-4-8-22(18)29-15-16-5-2-1-3-6-16/h1-13H,14-15H2,(H,26,28). The lowest BCUT2D eigenvalue weighted by Crippen LogP contribution is -2.18. The van der Waals surface area contributed by atoms with E-state index in [1.54, 1.807) is 0 Å². The Balaban J connectivity index is 1.48. The van der Waals surface area contributed by atoms with Crippen LogP contribution in [-0.2, 0) is 17.9 Å². The summed E-state index contributed by atoms with van der Waals surface area (Å²) < 4.78 is 21.1. The molecular weight excluding hydrogens is 391 g/mol. The van der Waals surface area contributed by atoms with E-state index in [9.17, 15) is 9.18 Å². The highest BCUT2D eigenvalue weighted by atomic mass is 35.5. The number of hydrogen-bond donors (Lipinski definition) is 1. The summed E-state index contributed by atoms with van der Waals surface area (Å²) in [5, 5.41) is 3.63. The minimum atomic E-state index is -0.524. The van der Waals surface area contributed by atoms with Crippen LogP contribution in [0.2, 0.25) is 5.02 Å². The number of fused-ring (bicyclic) bond motifs is 1. The number of aromatic nitrogens is 1. The van der Waals surface area contributed by atoms with Crippen LogP contribution in [0, 0.1) is 5.82 Å². The maximum atomic E-state index is 13.3. The lowest BCUT2D eigenvalue weighted by molar-refractivity contribution is -0.116. The van der Waals surface area contributed by atoms with Gasteiger partial charge >= 0.3 is 0 Å². The van der Waals surface area contributed by atoms with Gasteiger partial charge in [0, 0.05) is 17.3 Å². The van der Waals surface area contributed by atoms with Crippen LogP contribution in [0.1, 0.15) is 5.56 Å². The van der Waals surface area contributed by atoms with Crippen molar-refractivity contribution in [3.8, 4) is 5.75 Å². The van der Waals surface area contributed by atoms with Gasteiger partial charge in [0.15, 0.2) is 0 Å². The number of benzene rings is 3. The minimum Gasteiger partial charge on any atom is -0.488 e. The van der Waals surface area contributed by atoms with Crippen LogP contribution < -0.4 is 10.1 Å². The number of anilines is 1. The summed E-state index contributed by atoms with van der Waals surface area (Å²) in [4.78, 5) is 12.4. The van der Waals surface area contributed by atoms with E-state index < -0.39 is 5.82 Å². The van der Waals surface area contributed by atoms with Gasteiger partial charge in [0.1, 0.15) is 24.7 Å². The molecule has 1 amide bonds. The minimum absolute atomic E-state index is 0.0329. The van der Waals surface area contributed by atoms with Crippen LogP contribution in [0.25, 0.3) is 10.9 Å². The molecule has 0 fully saturated rings. The Morgan fingerprint density at radius 1 is 1.03 bits per heavy atom. The highest BCUT2D eigenvalue weighted by Gasteiger charge is 2.11. The number of carbonyl (C=O) groups excluding carboxylic acids is 1. The molecule has 4 nitrogen and oxygen atoms in total. The van der Waals surface area contributed by atoms with Crippen molar-refractivity contribution in [2.45, 2.75) is 13.2 Å². The van der Waals surface area contributed by atoms with E-state index in [2.05, 4.69) is 5.32 Å². The molecule has 0 saturated carbocycles. The molecule has 1 aromatic heterocycles. The summed E-state index contributed by atoms with van der Waals surface area (Å²) in [6.45, 7) is 0.581. The first-order valence-corrected chi connectivity index (χ1v) is 9.47. The Kier molecular flexibility index (Phi) is 5.49. The number of ether oxygens (including phenoxy) is 1. The van der Waals surface area contributed by atoms with Crippen molar-refractivity contribution >= 4 is 34.1 Å². The molecule has 0 saturated heterocycles. The van der Waals surface area contributed by atoms with Gasteiger partial charge in [0.2, 0.25) is 5.91 Å². The van der Waals surface area contributed by atoms with Crippen molar-refractivity contribution in [2.24, 2.45) is 0 Å². The number of amides is 1. The number of nitrogens with zero attached hydrogens (tertiary/aromatic N) is 1. The third-order valence-electron chi connectivity index (χ3n) is 4.53. The molecule has 0 bridgehead atoms. The lowest BCUT2D eigenvalue weighted by atomic mass is 10.2. The zero-order valence-electron chi connectivity index (χ0n) is 15.4. The zero-order valence-corrected chi connectivity index (χ0v) is 16.2. The second kappa shape index (κ2) is 8.37. The topological polar surface area (TPSA) is 43.3 Å². The number of halogens is 2. The fourth-order valence-electron chi connectivity index (χ4n) is 3.12. The predicted molar refractivity (Wildman–Crippen MR) is 113 cm³/mol. The van der Waals surface area contributed by atoms with Crippen molar-refractivity contribution in [3.05, 3.63) is 95.4 Å². The molecular formula is C23H18ClFN2O2. The molecule has 4 rings (SSSR count). The summed E-state index contributed by atoms with van der Waals surface area (Å²) in [7, 11) is 0. The van der Waals surface area contributed by atoms with Gasteiger partial charge in [-0.15, -0.1) is 0 Å². The van der Waals surface area contributed by atoms with Crippen molar-refractivity contribution in [1.82, 2.24) is 4.57 Å². The van der Waals surface area contributed by atoms with E-state index in [1.807, 2.05) is 65.4 Å². The predicted octanol–water partition coefficient (Wildman–Crippen LogP) is 5.65. The van der Waals surface area contributed by atoms with Crippen LogP contribution in [0.5, 0.6) is 5.75 Å². The van der Waals surface area contributed by atoms with E-state index in [1.165, 1.54) is 18.2 Å². The largest absolute Gasteiger partial charge is 0.488 e. The molecule has 0 spiro atoms. The fourth-order valence-corrected chi connectivity index (χ4v) is 3.30. The molecule has 0 radical (unpaired) electrons. The van der Waals surface area contributed by atoms with Gasteiger partial charge in [-0.2, -0.15) is 0 Å². The van der Waals surface area contributed by atoms with Crippen LogP contribution >= 0.6 is 11.6 Å². The van der Waals surface area contributed by atoms with Gasteiger partial charge in [-0.25, -0.2) is 4.39 Å². The number of carbonyl (C=O) groups is 1. The van der Waals surface area contributed by atoms with Crippen molar-refractivity contribution in [1.29, 1.82) is 0 Å². The van der Waals surface area contributed by atoms with Crippen LogP contribution in [0.3, 0.4) is 0 Å². The molecule has 0 atom stereocenters. The molecule has 0 aliphatic carbocycles. The molecule has 1 N–H and O–H groups in total. The van der Waals surface area contributed by atoms with Gasteiger partial charge in [-0.05, 0) is 42.0 Å². The third-order valence-corrected chi connectivity index (χ3v) is 4.82. The highest BCUT2D eigenvalue weighted by Crippen LogP contribution is 2.27. The van der Waals surface area contributed by atoms with Crippen molar-refractivity contribution in [2.75, 3.05) is 5.32 Å². The Morgan fingerprint density at radius 2 is 1.86 bits per heavy atom. The lowest BCUT2D eigenvalue weighted by Gasteiger charge is -2.10. The summed E-state index contributed by atoms with van der Waals surface area (Å²) in [5.74, 6) is 0.000658. The van der Waals surface area contributed by atoms with Crippen LogP contribution in [0.4, 0.5) is 10.1 Å². The van der Waals surface area contributed by atoms with E-state index in [0.717, 1.165) is 22.2 Å². The second-order valence-electron chi connectivity index (χ2n) is 6.58. The fraction of sp³-hybridized carbons (Fsp3) is 0.0870. The summed E-state index contributed by atoms with van der Waals surface area (Å²) >= 11 is 5.76. The Hall–Kier alpha value is -3.31. The van der Waals surface area contributed by atoms with E-state index in [-0.39, 0.29) is 17.5 Å². The Labute approximate surface area is 172 Å². The molecule has 146 valence electrons. The Morgan fingerprint density at radius 3 is 2.66 bits per heavy atom. The number of rotatable bonds is 6. The van der Waals surface area contributed by atoms with Crippen LogP contribution in [0.15, 0.2) is 79.0 Å². The van der Waals surface area contributed by atoms with Gasteiger partial charge < -0.3 is 14.6 Å². The molecule has 3 aromatic carbocycles. The molecule has 29 heavy (non-hydrogen) atoms. The third kappa shape index (κ3) is 4.41. The average Bonchev–Trinajstić information content (AvgIpc) is 3.13. The van der Waals surface area contributed by atoms with E-state index >= 15 is 0 Å². The average molecular weight is 409 g/mol. The van der Waals surface area contributed by atoms with E-state index in [0.29, 0.717) is 12.3 Å². The number of hydrogen-bond acceptors (Lipinski definition) is 2. The molecule has 0 unspecified atom stereocenters. The molecule has 6 heteroatoms. The monoisotopic (exact) mass is 408 g/mol. The smallest absolute Gasteiger partial charge is 0.244 e. The number of nitrogens with one attached hydrogen (secondary N) is 1. The van der Waals surface area contributed by atoms with Gasteiger partial charge in [0.05, 0.1) is 10.5 Å². The first kappa shape index (κ1) is 19.0. The van der Waals surface area contributed by atoms with Gasteiger partial charge in [0.25, 0.3) is 0 Å². The SMILES string of the molecule is O=C(Cn1ccc2c(OCc3ccccc3)cccc21)Nc1ccc(F)c(Cl)c1. The second-order valence-corrected chi connectivity index (χ2v) is 6.99. The quantitative estimate of drug-likeness (QED) is 0.448. The zero-order chi connectivity index (χ0) is 20.2. The normalized spacial score (nSPS) is 10.8. The molecule has 1 heterocycles. The summed E-state index contributed by atoms with van der Waals surface area (Å²) in [5.41, 5.74) is 2.42. The summed E-state index contributed by atoms with van der Waals surface area (Å²) in [6, 6.07) is 21.7. The highest BCUT2D eigenvalue weighted by molar-refractivity contribution is 6.31. The van der Waals surface area contributed by atoms with Gasteiger partial charge in [-0.3, -0.25) is 4.79 Å². The van der Waals surface area contributed by atoms with Crippen molar-refractivity contribution in [3.63, 3.8) is 0 Å². The van der Waals surface area contributed by atoms with Crippen LogP contribution in [-0.4, -0.2) is 10.5 Å². The molecule has 0 aliphatic rings. The van der Waals surface area contributed by atoms with Gasteiger partial charge in [-0.1, -0.05) is 48.0 Å². The Bertz CT molecular complexity index is 1160. The maximum Gasteiger partial charge on any atom is 0.244 e. The first-order chi connectivity index (χ1) is 14.1. The molecule has 0 aliphatic heterocycles. The van der Waals surface area contributed by atoms with E-state index in [4.69, 9.17) is 16.3 Å².